The lowest BCUT2D eigenvalue weighted by Gasteiger charge is -2.43. The molecule has 3 aliphatic rings. The van der Waals surface area contributed by atoms with Crippen LogP contribution in [0.1, 0.15) is 106 Å². The van der Waals surface area contributed by atoms with Gasteiger partial charge in [-0.15, -0.1) is 0 Å². The Labute approximate surface area is 261 Å². The molecule has 44 heavy (non-hydrogen) atoms. The van der Waals surface area contributed by atoms with E-state index in [0.717, 1.165) is 25.0 Å². The maximum Gasteiger partial charge on any atom is 0.232 e. The smallest absolute Gasteiger partial charge is 0.232 e. The molecule has 9 nitrogen and oxygen atoms in total. The zero-order chi connectivity index (χ0) is 31.7. The molecular formula is C35H47N3O6. The lowest BCUT2D eigenvalue weighted by molar-refractivity contribution is -0.139. The molecule has 238 valence electrons. The maximum absolute atomic E-state index is 13.8. The summed E-state index contributed by atoms with van der Waals surface area (Å²) in [6.07, 6.45) is 4.62. The number of carbonyl (C=O) groups is 2. The monoisotopic (exact) mass is 605 g/mol. The topological polar surface area (TPSA) is 113 Å². The molecule has 9 heteroatoms. The largest absolute Gasteiger partial charge is 0.488 e. The number of Topliss-reactive ketones (excluding diaryl/α,β-unsaturated/α-hetero) is 1. The number of fused-ring (bicyclic) bond motifs is 2. The molecule has 2 aromatic rings. The third-order valence-corrected chi connectivity index (χ3v) is 9.58. The van der Waals surface area contributed by atoms with E-state index in [1.54, 1.807) is 20.3 Å². The van der Waals surface area contributed by atoms with Gasteiger partial charge in [-0.05, 0) is 81.7 Å². The quantitative estimate of drug-likeness (QED) is 0.297. The van der Waals surface area contributed by atoms with Gasteiger partial charge in [0.1, 0.15) is 23.1 Å². The highest BCUT2D eigenvalue weighted by Gasteiger charge is 2.56. The van der Waals surface area contributed by atoms with E-state index in [4.69, 9.17) is 29.7 Å². The van der Waals surface area contributed by atoms with Gasteiger partial charge in [-0.2, -0.15) is 0 Å². The molecule has 1 amide bonds. The number of aliphatic imine (C=N–C) groups is 1. The van der Waals surface area contributed by atoms with E-state index in [0.29, 0.717) is 42.1 Å². The third kappa shape index (κ3) is 5.96. The molecule has 0 saturated carbocycles. The van der Waals surface area contributed by atoms with Gasteiger partial charge in [0.05, 0.1) is 25.2 Å². The van der Waals surface area contributed by atoms with Gasteiger partial charge < -0.3 is 24.7 Å². The average Bonchev–Trinajstić information content (AvgIpc) is 3.28. The number of hydrogen-bond donors (Lipinski definition) is 1. The number of nitrogens with two attached hydrogens (primary N) is 1. The number of nitrogens with zero attached hydrogens (tertiary/aromatic N) is 2. The minimum absolute atomic E-state index is 0.0460. The maximum atomic E-state index is 13.8. The number of rotatable bonds is 12. The Bertz CT molecular complexity index is 1410. The van der Waals surface area contributed by atoms with Crippen LogP contribution in [-0.2, 0) is 14.3 Å². The summed E-state index contributed by atoms with van der Waals surface area (Å²) in [6.45, 7) is 8.58. The molecule has 5 rings (SSSR count). The van der Waals surface area contributed by atoms with Crippen LogP contribution in [0.2, 0.25) is 0 Å². The Kier molecular flexibility index (Phi) is 9.10. The molecular weight excluding hydrogens is 558 g/mol. The van der Waals surface area contributed by atoms with E-state index in [1.807, 2.05) is 44.2 Å². The van der Waals surface area contributed by atoms with Crippen LogP contribution in [0.4, 0.5) is 0 Å². The highest BCUT2D eigenvalue weighted by Crippen LogP contribution is 2.49. The van der Waals surface area contributed by atoms with Crippen molar-refractivity contribution < 1.29 is 28.5 Å². The molecule has 0 radical (unpaired) electrons. The van der Waals surface area contributed by atoms with Crippen LogP contribution in [0.15, 0.2) is 47.5 Å². The first kappa shape index (κ1) is 32.0. The Balaban J connectivity index is 1.41. The zero-order valence-corrected chi connectivity index (χ0v) is 27.0. The van der Waals surface area contributed by atoms with Crippen LogP contribution in [0.3, 0.4) is 0 Å². The SMILES string of the molecule is CCC1(CC)CC(=O)N([C@H]2c3cc(C(=O)CCC[C@H]4CC(C)(C)Oc5ccccc54)ccc3OC2(COC)COC)C(N)=N1. The lowest BCUT2D eigenvalue weighted by atomic mass is 9.81. The summed E-state index contributed by atoms with van der Waals surface area (Å²) in [5.74, 6) is 1.91. The summed E-state index contributed by atoms with van der Waals surface area (Å²) in [5.41, 5.74) is 7.23. The van der Waals surface area contributed by atoms with Crippen LogP contribution >= 0.6 is 0 Å². The average molecular weight is 606 g/mol. The molecule has 0 aromatic heterocycles. The van der Waals surface area contributed by atoms with E-state index < -0.39 is 17.2 Å². The molecule has 0 saturated heterocycles. The molecule has 2 aromatic carbocycles. The predicted molar refractivity (Wildman–Crippen MR) is 169 cm³/mol. The molecule has 0 spiro atoms. The van der Waals surface area contributed by atoms with E-state index in [-0.39, 0.29) is 42.9 Å². The number of ketones is 1. The Morgan fingerprint density at radius 3 is 2.36 bits per heavy atom. The normalized spacial score (nSPS) is 22.8. The van der Waals surface area contributed by atoms with Gasteiger partial charge in [-0.25, -0.2) is 4.99 Å². The summed E-state index contributed by atoms with van der Waals surface area (Å²) in [5, 5.41) is 0. The van der Waals surface area contributed by atoms with Crippen molar-refractivity contribution in [2.45, 2.75) is 101 Å². The van der Waals surface area contributed by atoms with Gasteiger partial charge in [-0.1, -0.05) is 32.0 Å². The third-order valence-electron chi connectivity index (χ3n) is 9.58. The highest BCUT2D eigenvalue weighted by molar-refractivity contribution is 6.00. The molecule has 0 bridgehead atoms. The van der Waals surface area contributed by atoms with E-state index >= 15 is 0 Å². The zero-order valence-electron chi connectivity index (χ0n) is 27.0. The standard InChI is InChI=1S/C35H47N3O6/c1-7-34(8-2)20-30(40)38(32(36)37-34)31-26-18-23(16-17-29(26)44-35(31,21-41-5)22-42-6)27(39)14-11-12-24-19-33(3,4)43-28-15-10-9-13-25(24)28/h9-10,13,15-18,24,31H,7-8,11-12,14,19-22H2,1-6H3,(H2,36,37)/t24-,31-/m0/s1. The fourth-order valence-corrected chi connectivity index (χ4v) is 7.34. The van der Waals surface area contributed by atoms with Crippen molar-refractivity contribution in [2.75, 3.05) is 27.4 Å². The van der Waals surface area contributed by atoms with Crippen molar-refractivity contribution in [3.63, 3.8) is 0 Å². The number of hydrogen-bond acceptors (Lipinski definition) is 8. The summed E-state index contributed by atoms with van der Waals surface area (Å²) in [7, 11) is 3.17. The van der Waals surface area contributed by atoms with Gasteiger partial charge >= 0.3 is 0 Å². The van der Waals surface area contributed by atoms with Crippen molar-refractivity contribution in [3.05, 3.63) is 59.2 Å². The second-order valence-electron chi connectivity index (χ2n) is 13.1. The van der Waals surface area contributed by atoms with Crippen molar-refractivity contribution in [1.29, 1.82) is 0 Å². The summed E-state index contributed by atoms with van der Waals surface area (Å²) in [4.78, 5) is 33.8. The van der Waals surface area contributed by atoms with Crippen LogP contribution in [-0.4, -0.2) is 66.7 Å². The summed E-state index contributed by atoms with van der Waals surface area (Å²) in [6, 6.07) is 13.0. The van der Waals surface area contributed by atoms with Crippen molar-refractivity contribution in [3.8, 4) is 11.5 Å². The van der Waals surface area contributed by atoms with Crippen LogP contribution in [0.25, 0.3) is 0 Å². The van der Waals surface area contributed by atoms with E-state index in [1.165, 1.54) is 10.5 Å². The number of ether oxygens (including phenoxy) is 4. The Morgan fingerprint density at radius 2 is 1.70 bits per heavy atom. The van der Waals surface area contributed by atoms with Crippen LogP contribution in [0, 0.1) is 0 Å². The minimum atomic E-state index is -1.06. The molecule has 0 fully saturated rings. The van der Waals surface area contributed by atoms with Crippen molar-refractivity contribution in [2.24, 2.45) is 10.7 Å². The van der Waals surface area contributed by atoms with Gasteiger partial charge in [0.2, 0.25) is 5.91 Å². The number of amides is 1. The molecule has 0 aliphatic carbocycles. The molecule has 0 unspecified atom stereocenters. The van der Waals surface area contributed by atoms with Crippen LogP contribution < -0.4 is 15.2 Å². The first-order valence-corrected chi connectivity index (χ1v) is 15.8. The molecule has 2 N–H and O–H groups in total. The van der Waals surface area contributed by atoms with Gasteiger partial charge in [0.15, 0.2) is 17.3 Å². The second-order valence-corrected chi connectivity index (χ2v) is 13.1. The fourth-order valence-electron chi connectivity index (χ4n) is 7.34. The number of benzene rings is 2. The second kappa shape index (κ2) is 12.5. The molecule has 3 heterocycles. The fraction of sp³-hybridized carbons (Fsp3) is 0.571. The first-order valence-electron chi connectivity index (χ1n) is 15.8. The van der Waals surface area contributed by atoms with E-state index in [2.05, 4.69) is 19.9 Å². The van der Waals surface area contributed by atoms with Crippen molar-refractivity contribution >= 4 is 17.6 Å². The number of methoxy groups -OCH3 is 2. The van der Waals surface area contributed by atoms with Crippen molar-refractivity contribution in [1.82, 2.24) is 4.90 Å². The minimum Gasteiger partial charge on any atom is -0.488 e. The van der Waals surface area contributed by atoms with E-state index in [9.17, 15) is 9.59 Å². The first-order chi connectivity index (χ1) is 21.0. The number of para-hydroxylation sites is 1. The Morgan fingerprint density at radius 1 is 1.02 bits per heavy atom. The van der Waals surface area contributed by atoms with Gasteiger partial charge in [0, 0.05) is 31.8 Å². The van der Waals surface area contributed by atoms with Gasteiger partial charge in [0.25, 0.3) is 0 Å². The summed E-state index contributed by atoms with van der Waals surface area (Å²) < 4.78 is 23.9. The van der Waals surface area contributed by atoms with Crippen LogP contribution in [0.5, 0.6) is 11.5 Å². The highest BCUT2D eigenvalue weighted by atomic mass is 16.6. The summed E-state index contributed by atoms with van der Waals surface area (Å²) >= 11 is 0. The Hall–Kier alpha value is -3.43. The molecule has 2 atom stereocenters. The predicted octanol–water partition coefficient (Wildman–Crippen LogP) is 5.96. The number of carbonyl (C=O) groups excluding carboxylic acids is 2. The number of guanidine groups is 1. The lowest BCUT2D eigenvalue weighted by Crippen LogP contribution is -2.60. The van der Waals surface area contributed by atoms with Gasteiger partial charge in [-0.3, -0.25) is 14.5 Å². The molecule has 3 aliphatic heterocycles.